The third-order valence-corrected chi connectivity index (χ3v) is 4.13. The van der Waals surface area contributed by atoms with Crippen LogP contribution in [0, 0.1) is 6.92 Å². The zero-order valence-corrected chi connectivity index (χ0v) is 13.2. The third-order valence-electron chi connectivity index (χ3n) is 3.36. The molecular weight excluding hydrogens is 340 g/mol. The van der Waals surface area contributed by atoms with E-state index in [1.54, 1.807) is 18.2 Å². The van der Waals surface area contributed by atoms with E-state index in [2.05, 4.69) is 15.9 Å². The minimum Gasteiger partial charge on any atom is -0.492 e. The molecule has 0 radical (unpaired) electrons. The highest BCUT2D eigenvalue weighted by molar-refractivity contribution is 9.10. The van der Waals surface area contributed by atoms with Gasteiger partial charge in [0.05, 0.1) is 17.2 Å². The summed E-state index contributed by atoms with van der Waals surface area (Å²) in [5, 5.41) is 0.474. The predicted molar refractivity (Wildman–Crippen MR) is 83.0 cm³/mol. The summed E-state index contributed by atoms with van der Waals surface area (Å²) in [6.45, 7) is 2.56. The van der Waals surface area contributed by atoms with E-state index < -0.39 is 0 Å². The van der Waals surface area contributed by atoms with Crippen molar-refractivity contribution in [2.24, 2.45) is 0 Å². The maximum absolute atomic E-state index is 12.7. The fourth-order valence-electron chi connectivity index (χ4n) is 2.39. The fraction of sp³-hybridized carbons (Fsp3) is 0.188. The molecule has 0 unspecified atom stereocenters. The number of carbonyl (C=O) groups is 1. The molecule has 2 nitrogen and oxygen atoms in total. The molecule has 1 heterocycles. The molecule has 1 aliphatic rings. The number of halogens is 2. The van der Waals surface area contributed by atoms with E-state index in [-0.39, 0.29) is 5.78 Å². The van der Waals surface area contributed by atoms with Gasteiger partial charge in [0.1, 0.15) is 5.75 Å². The summed E-state index contributed by atoms with van der Waals surface area (Å²) >= 11 is 9.64. The molecule has 20 heavy (non-hydrogen) atoms. The van der Waals surface area contributed by atoms with Crippen LogP contribution in [0.4, 0.5) is 0 Å². The second-order valence-corrected chi connectivity index (χ2v) is 6.18. The van der Waals surface area contributed by atoms with Crippen LogP contribution in [0.25, 0.3) is 0 Å². The van der Waals surface area contributed by atoms with Crippen molar-refractivity contribution in [1.29, 1.82) is 0 Å². The van der Waals surface area contributed by atoms with Crippen LogP contribution in [0.5, 0.6) is 5.75 Å². The van der Waals surface area contributed by atoms with Gasteiger partial charge < -0.3 is 4.74 Å². The van der Waals surface area contributed by atoms with E-state index in [1.807, 2.05) is 19.1 Å². The zero-order valence-electron chi connectivity index (χ0n) is 10.9. The van der Waals surface area contributed by atoms with Crippen LogP contribution in [0.15, 0.2) is 34.8 Å². The van der Waals surface area contributed by atoms with Crippen molar-refractivity contribution in [3.8, 4) is 5.75 Å². The van der Waals surface area contributed by atoms with E-state index in [9.17, 15) is 4.79 Å². The van der Waals surface area contributed by atoms with E-state index >= 15 is 0 Å². The summed E-state index contributed by atoms with van der Waals surface area (Å²) in [5.41, 5.74) is 3.17. The molecule has 0 spiro atoms. The van der Waals surface area contributed by atoms with Crippen molar-refractivity contribution < 1.29 is 9.53 Å². The summed E-state index contributed by atoms with van der Waals surface area (Å²) in [6, 6.07) is 9.24. The lowest BCUT2D eigenvalue weighted by atomic mass is 9.99. The van der Waals surface area contributed by atoms with E-state index in [0.29, 0.717) is 28.5 Å². The normalized spacial score (nSPS) is 12.9. The lowest BCUT2D eigenvalue weighted by Crippen LogP contribution is -2.05. The molecule has 0 saturated carbocycles. The smallest absolute Gasteiger partial charge is 0.198 e. The molecule has 0 saturated heterocycles. The second kappa shape index (κ2) is 5.23. The van der Waals surface area contributed by atoms with E-state index in [0.717, 1.165) is 22.0 Å². The van der Waals surface area contributed by atoms with Gasteiger partial charge in [-0.15, -0.1) is 0 Å². The maximum Gasteiger partial charge on any atom is 0.198 e. The van der Waals surface area contributed by atoms with Gasteiger partial charge in [-0.2, -0.15) is 0 Å². The molecule has 0 aliphatic carbocycles. The van der Waals surface area contributed by atoms with Gasteiger partial charge in [-0.1, -0.05) is 33.6 Å². The predicted octanol–water partition coefficient (Wildman–Crippen LogP) is 4.58. The summed E-state index contributed by atoms with van der Waals surface area (Å²) in [6.07, 6.45) is 0.830. The second-order valence-electron chi connectivity index (χ2n) is 4.85. The Balaban J connectivity index is 2.11. The first-order chi connectivity index (χ1) is 9.56. The minimum absolute atomic E-state index is 0.102. The van der Waals surface area contributed by atoms with Crippen molar-refractivity contribution >= 4 is 33.3 Å². The van der Waals surface area contributed by atoms with Gasteiger partial charge in [-0.25, -0.2) is 0 Å². The van der Waals surface area contributed by atoms with Crippen molar-refractivity contribution in [3.05, 3.63) is 62.1 Å². The molecule has 2 aromatic rings. The van der Waals surface area contributed by atoms with Gasteiger partial charge in [0, 0.05) is 16.5 Å². The van der Waals surface area contributed by atoms with Gasteiger partial charge >= 0.3 is 0 Å². The monoisotopic (exact) mass is 350 g/mol. The van der Waals surface area contributed by atoms with Crippen LogP contribution in [0.2, 0.25) is 5.02 Å². The molecule has 0 atom stereocenters. The van der Waals surface area contributed by atoms with Gasteiger partial charge in [0.2, 0.25) is 0 Å². The first kappa shape index (κ1) is 13.7. The van der Waals surface area contributed by atoms with Crippen LogP contribution in [-0.2, 0) is 6.42 Å². The Bertz CT molecular complexity index is 710. The van der Waals surface area contributed by atoms with Gasteiger partial charge in [0.25, 0.3) is 0 Å². The highest BCUT2D eigenvalue weighted by Gasteiger charge is 2.23. The van der Waals surface area contributed by atoms with Crippen LogP contribution >= 0.6 is 27.5 Å². The minimum atomic E-state index is -0.102. The number of hydrogen-bond acceptors (Lipinski definition) is 2. The maximum atomic E-state index is 12.7. The summed E-state index contributed by atoms with van der Waals surface area (Å²) < 4.78 is 6.49. The Kier molecular flexibility index (Phi) is 3.57. The number of rotatable bonds is 2. The van der Waals surface area contributed by atoms with Crippen LogP contribution in [0.3, 0.4) is 0 Å². The SMILES string of the molecule is Cc1ccc(C(=O)c2cc(Br)cc3c2OCC3)c(Cl)c1. The first-order valence-corrected chi connectivity index (χ1v) is 7.49. The third kappa shape index (κ3) is 2.36. The van der Waals surface area contributed by atoms with Crippen molar-refractivity contribution in [2.75, 3.05) is 6.61 Å². The molecule has 0 amide bonds. The van der Waals surface area contributed by atoms with Crippen molar-refractivity contribution in [1.82, 2.24) is 0 Å². The number of ether oxygens (including phenoxy) is 1. The molecule has 0 bridgehead atoms. The molecule has 3 rings (SSSR count). The molecule has 2 aromatic carbocycles. The molecule has 0 N–H and O–H groups in total. The van der Waals surface area contributed by atoms with Crippen LogP contribution in [0.1, 0.15) is 27.0 Å². The molecule has 1 aliphatic heterocycles. The lowest BCUT2D eigenvalue weighted by molar-refractivity contribution is 0.103. The summed E-state index contributed by atoms with van der Waals surface area (Å²) in [4.78, 5) is 12.7. The topological polar surface area (TPSA) is 26.3 Å². The number of ketones is 1. The Labute approximate surface area is 130 Å². The quantitative estimate of drug-likeness (QED) is 0.741. The molecule has 0 aromatic heterocycles. The summed E-state index contributed by atoms with van der Waals surface area (Å²) in [7, 11) is 0. The number of benzene rings is 2. The Morgan fingerprint density at radius 3 is 2.80 bits per heavy atom. The van der Waals surface area contributed by atoms with E-state index in [4.69, 9.17) is 16.3 Å². The number of aryl methyl sites for hydroxylation is 1. The Hall–Kier alpha value is -1.32. The van der Waals surface area contributed by atoms with E-state index in [1.165, 1.54) is 0 Å². The standard InChI is InChI=1S/C16H12BrClO2/c1-9-2-3-12(14(18)6-9)15(19)13-8-11(17)7-10-4-5-20-16(10)13/h2-3,6-8H,4-5H2,1H3. The van der Waals surface area contributed by atoms with Gasteiger partial charge in [-0.3, -0.25) is 4.79 Å². The highest BCUT2D eigenvalue weighted by Crippen LogP contribution is 2.35. The van der Waals surface area contributed by atoms with Gasteiger partial charge in [0.15, 0.2) is 5.78 Å². The molecular formula is C16H12BrClO2. The lowest BCUT2D eigenvalue weighted by Gasteiger charge is -2.10. The Morgan fingerprint density at radius 2 is 2.05 bits per heavy atom. The molecule has 102 valence electrons. The largest absolute Gasteiger partial charge is 0.492 e. The molecule has 4 heteroatoms. The summed E-state index contributed by atoms with van der Waals surface area (Å²) in [5.74, 6) is 0.587. The number of carbonyl (C=O) groups excluding carboxylic acids is 1. The average Bonchev–Trinajstić information content (AvgIpc) is 2.85. The van der Waals surface area contributed by atoms with Crippen molar-refractivity contribution in [3.63, 3.8) is 0 Å². The highest BCUT2D eigenvalue weighted by atomic mass is 79.9. The number of fused-ring (bicyclic) bond motifs is 1. The zero-order chi connectivity index (χ0) is 14.3. The molecule has 0 fully saturated rings. The fourth-order valence-corrected chi connectivity index (χ4v) is 3.21. The Morgan fingerprint density at radius 1 is 1.25 bits per heavy atom. The first-order valence-electron chi connectivity index (χ1n) is 6.32. The van der Waals surface area contributed by atoms with Crippen LogP contribution in [-0.4, -0.2) is 12.4 Å². The van der Waals surface area contributed by atoms with Crippen molar-refractivity contribution in [2.45, 2.75) is 13.3 Å². The number of hydrogen-bond donors (Lipinski definition) is 0. The van der Waals surface area contributed by atoms with Crippen LogP contribution < -0.4 is 4.74 Å². The van der Waals surface area contributed by atoms with Gasteiger partial charge in [-0.05, 0) is 42.3 Å². The average molecular weight is 352 g/mol.